The third-order valence-electron chi connectivity index (χ3n) is 11.4. The van der Waals surface area contributed by atoms with Crippen LogP contribution in [0.2, 0.25) is 0 Å². The normalized spacial score (nSPS) is 47.1. The smallest absolute Gasteiger partial charge is 0.309 e. The highest BCUT2D eigenvalue weighted by molar-refractivity contribution is 5.74. The molecule has 4 aliphatic carbocycles. The predicted molar refractivity (Wildman–Crippen MR) is 135 cm³/mol. The second-order valence-corrected chi connectivity index (χ2v) is 13.5. The molecule has 1 N–H and O–H groups in total. The molecule has 202 valence electrons. The molecule has 1 aliphatic heterocycles. The molecule has 1 heterocycles. The summed E-state index contributed by atoms with van der Waals surface area (Å²) in [5.74, 6) is 3.05. The van der Waals surface area contributed by atoms with Crippen molar-refractivity contribution in [2.45, 2.75) is 116 Å². The monoisotopic (exact) mass is 503 g/mol. The van der Waals surface area contributed by atoms with Crippen LogP contribution in [-0.2, 0) is 19.1 Å². The number of hydrogen-bond donors (Lipinski definition) is 1. The van der Waals surface area contributed by atoms with Crippen LogP contribution in [0.15, 0.2) is 5.18 Å². The van der Waals surface area contributed by atoms with Crippen molar-refractivity contribution in [2.24, 2.45) is 52.0 Å². The highest BCUT2D eigenvalue weighted by Gasteiger charge is 2.60. The number of rotatable bonds is 6. The van der Waals surface area contributed by atoms with E-state index in [2.05, 4.69) is 19.0 Å². The molecular weight excluding hydrogens is 458 g/mol. The topological polar surface area (TPSA) is 102 Å². The molecule has 0 aromatic heterocycles. The molecule has 5 fully saturated rings. The first-order valence-corrected chi connectivity index (χ1v) is 14.5. The zero-order valence-corrected chi connectivity index (χ0v) is 22.3. The van der Waals surface area contributed by atoms with Crippen LogP contribution in [0.25, 0.3) is 0 Å². The molecule has 11 atom stereocenters. The van der Waals surface area contributed by atoms with Crippen LogP contribution in [0.1, 0.15) is 97.8 Å². The first kappa shape index (κ1) is 26.1. The predicted octanol–water partition coefficient (Wildman–Crippen LogP) is 5.42. The molecule has 0 radical (unpaired) electrons. The van der Waals surface area contributed by atoms with Gasteiger partial charge >= 0.3 is 11.9 Å². The van der Waals surface area contributed by atoms with Crippen LogP contribution >= 0.6 is 0 Å². The number of ether oxygens (including phenoxy) is 2. The van der Waals surface area contributed by atoms with Crippen molar-refractivity contribution >= 4 is 11.9 Å². The van der Waals surface area contributed by atoms with Crippen molar-refractivity contribution in [3.63, 3.8) is 0 Å². The third-order valence-corrected chi connectivity index (χ3v) is 11.4. The molecule has 1 saturated heterocycles. The number of aliphatic hydroxyl groups is 1. The van der Waals surface area contributed by atoms with Crippen molar-refractivity contribution in [1.29, 1.82) is 0 Å². The van der Waals surface area contributed by atoms with Crippen molar-refractivity contribution in [3.8, 4) is 0 Å². The Morgan fingerprint density at radius 1 is 1.14 bits per heavy atom. The Hall–Kier alpha value is -1.50. The SMILES string of the molecule is CC(CCC(=O)OC1(C)CCOC(=O)C1)C1CCC2C3C(O)CC4CC(N=O)CCC4C3CCC12C. The van der Waals surface area contributed by atoms with Gasteiger partial charge in [-0.15, -0.1) is 0 Å². The van der Waals surface area contributed by atoms with Gasteiger partial charge in [-0.2, -0.15) is 4.91 Å². The summed E-state index contributed by atoms with van der Waals surface area (Å²) < 4.78 is 10.7. The summed E-state index contributed by atoms with van der Waals surface area (Å²) in [5.41, 5.74) is -0.534. The van der Waals surface area contributed by atoms with Gasteiger partial charge in [0.2, 0.25) is 0 Å². The fourth-order valence-corrected chi connectivity index (χ4v) is 9.70. The van der Waals surface area contributed by atoms with Gasteiger partial charge in [0.05, 0.1) is 25.2 Å². The molecule has 0 bridgehead atoms. The lowest BCUT2D eigenvalue weighted by atomic mass is 9.48. The summed E-state index contributed by atoms with van der Waals surface area (Å²) in [7, 11) is 0. The van der Waals surface area contributed by atoms with Gasteiger partial charge in [-0.05, 0) is 112 Å². The minimum Gasteiger partial charge on any atom is -0.465 e. The Balaban J connectivity index is 1.20. The van der Waals surface area contributed by atoms with Crippen molar-refractivity contribution in [2.75, 3.05) is 6.61 Å². The number of carbonyl (C=O) groups is 2. The van der Waals surface area contributed by atoms with E-state index in [1.807, 2.05) is 6.92 Å². The molecule has 7 nitrogen and oxygen atoms in total. The van der Waals surface area contributed by atoms with Gasteiger partial charge in [-0.3, -0.25) is 9.59 Å². The maximum Gasteiger partial charge on any atom is 0.309 e. The summed E-state index contributed by atoms with van der Waals surface area (Å²) in [5, 5.41) is 14.7. The zero-order chi connectivity index (χ0) is 25.7. The minimum absolute atomic E-state index is 0.0539. The Kier molecular flexibility index (Phi) is 7.25. The molecular formula is C29H45NO6. The number of aliphatic hydroxyl groups excluding tert-OH is 1. The van der Waals surface area contributed by atoms with Crippen LogP contribution in [0.4, 0.5) is 0 Å². The standard InChI is InChI=1S/C29H45NO6/c1-17(4-9-25(32)36-28(2)12-13-35-26(33)16-28)22-7-8-23-27-21(10-11-29(22,23)3)20-6-5-19(30-34)14-18(20)15-24(27)31/h17-24,27,31H,4-16H2,1-3H3. The van der Waals surface area contributed by atoms with Crippen molar-refractivity contribution < 1.29 is 24.2 Å². The molecule has 5 aliphatic rings. The lowest BCUT2D eigenvalue weighted by Crippen LogP contribution is -2.54. The van der Waals surface area contributed by atoms with Crippen molar-refractivity contribution in [3.05, 3.63) is 4.91 Å². The number of carbonyl (C=O) groups excluding carboxylic acids is 2. The highest BCUT2D eigenvalue weighted by Crippen LogP contribution is 2.65. The van der Waals surface area contributed by atoms with Gasteiger partial charge in [0, 0.05) is 12.8 Å². The van der Waals surface area contributed by atoms with Crippen LogP contribution in [0.3, 0.4) is 0 Å². The first-order valence-electron chi connectivity index (χ1n) is 14.5. The number of cyclic esters (lactones) is 1. The van der Waals surface area contributed by atoms with E-state index in [0.717, 1.165) is 32.1 Å². The van der Waals surface area contributed by atoms with Gasteiger partial charge in [-0.25, -0.2) is 0 Å². The Bertz CT molecular complexity index is 863. The number of hydrogen-bond acceptors (Lipinski definition) is 7. The van der Waals surface area contributed by atoms with E-state index in [9.17, 15) is 19.6 Å². The van der Waals surface area contributed by atoms with Crippen LogP contribution in [0, 0.1) is 51.7 Å². The van der Waals surface area contributed by atoms with E-state index >= 15 is 0 Å². The molecule has 5 rings (SSSR count). The lowest BCUT2D eigenvalue weighted by Gasteiger charge is -2.58. The third kappa shape index (κ3) is 4.74. The number of nitrogens with zero attached hydrogens (tertiary/aromatic N) is 1. The summed E-state index contributed by atoms with van der Waals surface area (Å²) in [4.78, 5) is 35.5. The van der Waals surface area contributed by atoms with Gasteiger partial charge in [0.25, 0.3) is 0 Å². The van der Waals surface area contributed by atoms with E-state index in [0.29, 0.717) is 60.9 Å². The second-order valence-electron chi connectivity index (χ2n) is 13.5. The molecule has 36 heavy (non-hydrogen) atoms. The summed E-state index contributed by atoms with van der Waals surface area (Å²) in [6.45, 7) is 6.89. The summed E-state index contributed by atoms with van der Waals surface area (Å²) >= 11 is 0. The molecule has 11 unspecified atom stereocenters. The van der Waals surface area contributed by atoms with Gasteiger partial charge in [-0.1, -0.05) is 19.0 Å². The highest BCUT2D eigenvalue weighted by atomic mass is 16.6. The van der Waals surface area contributed by atoms with Gasteiger partial charge < -0.3 is 14.6 Å². The van der Waals surface area contributed by atoms with E-state index in [-0.39, 0.29) is 35.9 Å². The maximum absolute atomic E-state index is 12.7. The fourth-order valence-electron chi connectivity index (χ4n) is 9.70. The number of nitroso groups, excluding NO2 is 1. The first-order chi connectivity index (χ1) is 17.1. The average Bonchev–Trinajstić information content (AvgIpc) is 3.18. The lowest BCUT2D eigenvalue weighted by molar-refractivity contribution is -0.175. The molecule has 0 aromatic carbocycles. The Morgan fingerprint density at radius 2 is 1.94 bits per heavy atom. The van der Waals surface area contributed by atoms with E-state index in [4.69, 9.17) is 9.47 Å². The molecule has 0 aromatic rings. The van der Waals surface area contributed by atoms with Crippen LogP contribution in [0.5, 0.6) is 0 Å². The second kappa shape index (κ2) is 9.99. The fraction of sp³-hybridized carbons (Fsp3) is 0.931. The Morgan fingerprint density at radius 3 is 2.69 bits per heavy atom. The summed E-state index contributed by atoms with van der Waals surface area (Å²) in [6.07, 6.45) is 10.0. The largest absolute Gasteiger partial charge is 0.465 e. The molecule has 0 spiro atoms. The van der Waals surface area contributed by atoms with Crippen LogP contribution < -0.4 is 0 Å². The van der Waals surface area contributed by atoms with Crippen molar-refractivity contribution in [1.82, 2.24) is 0 Å². The minimum atomic E-state index is -0.742. The van der Waals surface area contributed by atoms with Crippen LogP contribution in [-0.4, -0.2) is 41.4 Å². The Labute approximate surface area is 215 Å². The molecule has 0 amide bonds. The van der Waals surface area contributed by atoms with Gasteiger partial charge in [0.1, 0.15) is 5.60 Å². The summed E-state index contributed by atoms with van der Waals surface area (Å²) in [6, 6.07) is -0.0539. The zero-order valence-electron chi connectivity index (χ0n) is 22.3. The number of esters is 2. The van der Waals surface area contributed by atoms with E-state index in [1.165, 1.54) is 25.7 Å². The van der Waals surface area contributed by atoms with E-state index < -0.39 is 5.60 Å². The maximum atomic E-state index is 12.7. The van der Waals surface area contributed by atoms with Gasteiger partial charge in [0.15, 0.2) is 0 Å². The molecule has 7 heteroatoms. The van der Waals surface area contributed by atoms with E-state index in [1.54, 1.807) is 0 Å². The number of fused-ring (bicyclic) bond motifs is 5. The average molecular weight is 504 g/mol. The molecule has 4 saturated carbocycles. The quantitative estimate of drug-likeness (QED) is 0.384.